The van der Waals surface area contributed by atoms with E-state index in [1.165, 1.54) is 45.6 Å². The molecule has 3 aromatic rings. The van der Waals surface area contributed by atoms with Crippen LogP contribution >= 0.6 is 0 Å². The number of ether oxygens (including phenoxy) is 1. The molecule has 0 amide bonds. The second-order valence-corrected chi connectivity index (χ2v) is 8.23. The average molecular weight is 321 g/mol. The fourth-order valence-electron chi connectivity index (χ4n) is 3.23. The van der Waals surface area contributed by atoms with Gasteiger partial charge in [0.1, 0.15) is 23.9 Å². The predicted molar refractivity (Wildman–Crippen MR) is 99.3 cm³/mol. The van der Waals surface area contributed by atoms with Gasteiger partial charge in [0.15, 0.2) is 4.90 Å². The molecule has 0 bridgehead atoms. The van der Waals surface area contributed by atoms with E-state index in [0.29, 0.717) is 17.5 Å². The van der Waals surface area contributed by atoms with Crippen LogP contribution in [0.4, 0.5) is 0 Å². The van der Waals surface area contributed by atoms with E-state index in [1.807, 2.05) is 6.07 Å². The van der Waals surface area contributed by atoms with Crippen LogP contribution in [0.3, 0.4) is 0 Å². The van der Waals surface area contributed by atoms with Crippen LogP contribution in [0.2, 0.25) is 0 Å². The second-order valence-electron chi connectivity index (χ2n) is 5.99. The largest absolute Gasteiger partial charge is 0.488 e. The molecule has 3 aromatic carbocycles. The fraction of sp³-hybridized carbons (Fsp3) is 0.238. The minimum absolute atomic E-state index is 0.431. The van der Waals surface area contributed by atoms with Crippen LogP contribution in [0, 0.1) is 0 Å². The Labute approximate surface area is 140 Å². The first-order valence-corrected chi connectivity index (χ1v) is 9.84. The molecule has 1 fully saturated rings. The van der Waals surface area contributed by atoms with Gasteiger partial charge in [-0.15, -0.1) is 0 Å². The summed E-state index contributed by atoms with van der Waals surface area (Å²) >= 11 is 0. The third kappa shape index (κ3) is 3.09. The summed E-state index contributed by atoms with van der Waals surface area (Å²) in [4.78, 5) is 1.53. The summed E-state index contributed by atoms with van der Waals surface area (Å²) in [6.07, 6.45) is 2.76. The van der Waals surface area contributed by atoms with Gasteiger partial charge >= 0.3 is 0 Å². The third-order valence-electron chi connectivity index (χ3n) is 4.42. The topological polar surface area (TPSA) is 9.23 Å². The molecule has 1 heterocycles. The van der Waals surface area contributed by atoms with Crippen molar-refractivity contribution in [1.29, 1.82) is 0 Å². The molecule has 0 radical (unpaired) electrons. The van der Waals surface area contributed by atoms with Gasteiger partial charge in [-0.2, -0.15) is 0 Å². The van der Waals surface area contributed by atoms with E-state index in [1.54, 1.807) is 0 Å². The zero-order chi connectivity index (χ0) is 15.5. The number of hydrogen-bond donors (Lipinski definition) is 0. The summed E-state index contributed by atoms with van der Waals surface area (Å²) < 4.78 is 6.13. The molecule has 1 aliphatic rings. The minimum Gasteiger partial charge on any atom is -0.488 e. The molecule has 4 rings (SSSR count). The maximum atomic E-state index is 6.13. The molecule has 1 nitrogen and oxygen atoms in total. The quantitative estimate of drug-likeness (QED) is 0.601. The monoisotopic (exact) mass is 321 g/mol. The zero-order valence-electron chi connectivity index (χ0n) is 13.2. The summed E-state index contributed by atoms with van der Waals surface area (Å²) in [5.74, 6) is 3.71. The summed E-state index contributed by atoms with van der Waals surface area (Å²) in [5, 5.41) is 2.63. The van der Waals surface area contributed by atoms with Gasteiger partial charge in [-0.05, 0) is 36.6 Å². The molecule has 23 heavy (non-hydrogen) atoms. The Balaban J connectivity index is 1.66. The van der Waals surface area contributed by atoms with E-state index in [0.717, 1.165) is 5.75 Å². The van der Waals surface area contributed by atoms with Gasteiger partial charge in [-0.25, -0.2) is 0 Å². The highest BCUT2D eigenvalue weighted by atomic mass is 32.2. The van der Waals surface area contributed by atoms with E-state index in [2.05, 4.69) is 60.7 Å². The lowest BCUT2D eigenvalue weighted by Gasteiger charge is -2.12. The fourth-order valence-corrected chi connectivity index (χ4v) is 5.73. The summed E-state index contributed by atoms with van der Waals surface area (Å²) in [6, 6.07) is 23.5. The first-order valence-electron chi connectivity index (χ1n) is 8.28. The van der Waals surface area contributed by atoms with Crippen molar-refractivity contribution in [3.8, 4) is 5.75 Å². The first-order chi connectivity index (χ1) is 11.4. The molecule has 116 valence electrons. The second kappa shape index (κ2) is 6.67. The van der Waals surface area contributed by atoms with Crippen molar-refractivity contribution in [2.75, 3.05) is 11.5 Å². The molecular weight excluding hydrogens is 300 g/mol. The normalized spacial score (nSPS) is 15.1. The highest BCUT2D eigenvalue weighted by Gasteiger charge is 2.29. The van der Waals surface area contributed by atoms with Crippen LogP contribution in [0.15, 0.2) is 71.6 Å². The van der Waals surface area contributed by atoms with Crippen molar-refractivity contribution in [2.45, 2.75) is 24.3 Å². The van der Waals surface area contributed by atoms with Gasteiger partial charge < -0.3 is 4.74 Å². The van der Waals surface area contributed by atoms with Crippen molar-refractivity contribution in [3.05, 3.63) is 72.3 Å². The smallest absolute Gasteiger partial charge is 0.162 e. The first kappa shape index (κ1) is 14.6. The van der Waals surface area contributed by atoms with Gasteiger partial charge in [0.05, 0.1) is 0 Å². The van der Waals surface area contributed by atoms with Crippen molar-refractivity contribution in [1.82, 2.24) is 0 Å². The van der Waals surface area contributed by atoms with Crippen LogP contribution in [0.5, 0.6) is 5.75 Å². The molecule has 0 atom stereocenters. The van der Waals surface area contributed by atoms with Gasteiger partial charge in [0.25, 0.3) is 0 Å². The van der Waals surface area contributed by atoms with E-state index in [9.17, 15) is 0 Å². The van der Waals surface area contributed by atoms with Crippen molar-refractivity contribution in [3.63, 3.8) is 0 Å². The molecule has 0 aliphatic carbocycles. The lowest BCUT2D eigenvalue weighted by atomic mass is 10.1. The highest BCUT2D eigenvalue weighted by Crippen LogP contribution is 2.34. The maximum Gasteiger partial charge on any atom is 0.162 e. The molecule has 0 saturated carbocycles. The minimum atomic E-state index is 0.431. The predicted octanol–water partition coefficient (Wildman–Crippen LogP) is 5.19. The molecule has 0 unspecified atom stereocenters. The third-order valence-corrected chi connectivity index (χ3v) is 6.96. The Morgan fingerprint density at radius 2 is 1.43 bits per heavy atom. The number of rotatable bonds is 4. The van der Waals surface area contributed by atoms with E-state index in [-0.39, 0.29) is 0 Å². The Morgan fingerprint density at radius 3 is 2.22 bits per heavy atom. The zero-order valence-corrected chi connectivity index (χ0v) is 14.0. The summed E-state index contributed by atoms with van der Waals surface area (Å²) in [5.41, 5.74) is 1.21. The molecule has 1 aliphatic heterocycles. The van der Waals surface area contributed by atoms with Crippen molar-refractivity contribution >= 4 is 21.7 Å². The van der Waals surface area contributed by atoms with Gasteiger partial charge in [0.2, 0.25) is 0 Å². The standard InChI is InChI=1S/C21H21OS/c1-2-8-17(9-3-1)16-22-20-12-13-21(23-14-6-7-15-23)19-11-5-4-10-18(19)20/h1-5,8-13H,6-7,14-16H2/q+1. The van der Waals surface area contributed by atoms with Crippen LogP contribution < -0.4 is 4.74 Å². The number of benzene rings is 3. The van der Waals surface area contributed by atoms with Crippen molar-refractivity contribution in [2.24, 2.45) is 0 Å². The Hall–Kier alpha value is -1.93. The number of hydrogen-bond acceptors (Lipinski definition) is 1. The molecular formula is C21H21OS+. The van der Waals surface area contributed by atoms with Crippen LogP contribution in [-0.2, 0) is 17.5 Å². The van der Waals surface area contributed by atoms with Gasteiger partial charge in [-0.1, -0.05) is 48.5 Å². The van der Waals surface area contributed by atoms with Crippen LogP contribution in [-0.4, -0.2) is 11.5 Å². The van der Waals surface area contributed by atoms with E-state index >= 15 is 0 Å². The van der Waals surface area contributed by atoms with Gasteiger partial charge in [-0.3, -0.25) is 0 Å². The van der Waals surface area contributed by atoms with Crippen molar-refractivity contribution < 1.29 is 4.74 Å². The van der Waals surface area contributed by atoms with E-state index in [4.69, 9.17) is 4.74 Å². The highest BCUT2D eigenvalue weighted by molar-refractivity contribution is 7.97. The SMILES string of the molecule is c1ccc(COc2ccc([S+]3CCCC3)c3ccccc23)cc1. The average Bonchev–Trinajstić information content (AvgIpc) is 3.15. The molecule has 1 saturated heterocycles. The molecule has 0 spiro atoms. The Kier molecular flexibility index (Phi) is 4.25. The Bertz CT molecular complexity index is 791. The Morgan fingerprint density at radius 1 is 0.739 bits per heavy atom. The lowest BCUT2D eigenvalue weighted by molar-refractivity contribution is 0.310. The van der Waals surface area contributed by atoms with Crippen LogP contribution in [0.25, 0.3) is 10.8 Å². The number of fused-ring (bicyclic) bond motifs is 1. The maximum absolute atomic E-state index is 6.13. The van der Waals surface area contributed by atoms with Crippen LogP contribution in [0.1, 0.15) is 18.4 Å². The summed E-state index contributed by atoms with van der Waals surface area (Å²) in [6.45, 7) is 0.621. The van der Waals surface area contributed by atoms with Gasteiger partial charge in [0, 0.05) is 21.7 Å². The molecule has 0 N–H and O–H groups in total. The molecule has 0 aromatic heterocycles. The summed E-state index contributed by atoms with van der Waals surface area (Å²) in [7, 11) is 0.431. The van der Waals surface area contributed by atoms with E-state index < -0.39 is 0 Å². The molecule has 2 heteroatoms. The lowest BCUT2D eigenvalue weighted by Crippen LogP contribution is -2.05.